The van der Waals surface area contributed by atoms with E-state index in [1.54, 1.807) is 6.20 Å². The lowest BCUT2D eigenvalue weighted by atomic mass is 9.76. The molecule has 0 bridgehead atoms. The van der Waals surface area contributed by atoms with Crippen molar-refractivity contribution >= 4 is 11.6 Å². The second-order valence-corrected chi connectivity index (χ2v) is 11.2. The zero-order valence-electron chi connectivity index (χ0n) is 21.7. The minimum Gasteiger partial charge on any atom is -0.384 e. The van der Waals surface area contributed by atoms with Crippen LogP contribution in [0.2, 0.25) is 0 Å². The van der Waals surface area contributed by atoms with E-state index in [0.29, 0.717) is 63.3 Å². The van der Waals surface area contributed by atoms with E-state index < -0.39 is 22.9 Å². The number of nitrogens with zero attached hydrogens (tertiary/aromatic N) is 3. The van der Waals surface area contributed by atoms with E-state index in [4.69, 9.17) is 0 Å². The van der Waals surface area contributed by atoms with E-state index >= 15 is 0 Å². The number of carbonyl (C=O) groups excluding carboxylic acids is 1. The number of aliphatic hydroxyl groups is 1. The van der Waals surface area contributed by atoms with Crippen molar-refractivity contribution < 1.29 is 23.1 Å². The highest BCUT2D eigenvalue weighted by molar-refractivity contribution is 5.91. The molecular formula is C28H36F3N5O2. The number of ketones is 1. The van der Waals surface area contributed by atoms with E-state index in [-0.39, 0.29) is 17.7 Å². The van der Waals surface area contributed by atoms with Crippen LogP contribution in [-0.2, 0) is 16.6 Å². The fraction of sp³-hybridized carbons (Fsp3) is 0.607. The average Bonchev–Trinajstić information content (AvgIpc) is 3.39. The maximum Gasteiger partial charge on any atom is 0.416 e. The third-order valence-electron chi connectivity index (χ3n) is 8.57. The minimum atomic E-state index is -4.41. The third-order valence-corrected chi connectivity index (χ3v) is 8.57. The van der Waals surface area contributed by atoms with E-state index in [2.05, 4.69) is 20.6 Å². The average molecular weight is 532 g/mol. The zero-order chi connectivity index (χ0) is 27.0. The van der Waals surface area contributed by atoms with E-state index in [1.807, 2.05) is 24.0 Å². The SMILES string of the molecule is Cc1ccc(C2(O)CCC(N[C@@]3(C(=O)C4CCN(c5cc(C(F)(F)F)ccn5)CC4)CCNC3)CC2)nc1. The molecule has 3 N–H and O–H groups in total. The number of rotatable bonds is 6. The normalized spacial score (nSPS) is 29.0. The first-order valence-corrected chi connectivity index (χ1v) is 13.5. The monoisotopic (exact) mass is 531 g/mol. The molecule has 10 heteroatoms. The zero-order valence-corrected chi connectivity index (χ0v) is 21.7. The second-order valence-electron chi connectivity index (χ2n) is 11.2. The Morgan fingerprint density at radius 2 is 1.84 bits per heavy atom. The molecule has 2 aromatic rings. The smallest absolute Gasteiger partial charge is 0.384 e. The number of aryl methyl sites for hydroxylation is 1. The Balaban J connectivity index is 1.20. The van der Waals surface area contributed by atoms with Crippen LogP contribution in [0.15, 0.2) is 36.7 Å². The van der Waals surface area contributed by atoms with Crippen LogP contribution in [0.1, 0.15) is 61.8 Å². The molecule has 5 rings (SSSR count). The highest BCUT2D eigenvalue weighted by Gasteiger charge is 2.47. The number of hydrogen-bond donors (Lipinski definition) is 3. The molecule has 2 aromatic heterocycles. The summed E-state index contributed by atoms with van der Waals surface area (Å²) in [4.78, 5) is 24.3. The van der Waals surface area contributed by atoms with Gasteiger partial charge in [0, 0.05) is 44.0 Å². The van der Waals surface area contributed by atoms with E-state index in [1.165, 1.54) is 6.20 Å². The molecule has 1 saturated carbocycles. The van der Waals surface area contributed by atoms with Crippen LogP contribution in [0.5, 0.6) is 0 Å². The van der Waals surface area contributed by atoms with Gasteiger partial charge in [-0.3, -0.25) is 9.78 Å². The highest BCUT2D eigenvalue weighted by Crippen LogP contribution is 2.38. The van der Waals surface area contributed by atoms with Crippen LogP contribution in [0, 0.1) is 12.8 Å². The lowest BCUT2D eigenvalue weighted by Gasteiger charge is -2.42. The summed E-state index contributed by atoms with van der Waals surface area (Å²) in [6, 6.07) is 6.06. The number of nitrogens with one attached hydrogen (secondary N) is 2. The van der Waals surface area contributed by atoms with Gasteiger partial charge in [0.25, 0.3) is 0 Å². The van der Waals surface area contributed by atoms with Gasteiger partial charge in [0.15, 0.2) is 5.78 Å². The number of anilines is 1. The molecule has 7 nitrogen and oxygen atoms in total. The number of aromatic nitrogens is 2. The number of carbonyl (C=O) groups is 1. The quantitative estimate of drug-likeness (QED) is 0.523. The molecule has 3 aliphatic rings. The van der Waals surface area contributed by atoms with Gasteiger partial charge in [-0.15, -0.1) is 0 Å². The summed E-state index contributed by atoms with van der Waals surface area (Å²) in [6.07, 6.45) is 3.12. The predicted molar refractivity (Wildman–Crippen MR) is 138 cm³/mol. The van der Waals surface area contributed by atoms with Crippen LogP contribution in [0.3, 0.4) is 0 Å². The Hall–Kier alpha value is -2.56. The number of hydrogen-bond acceptors (Lipinski definition) is 7. The second kappa shape index (κ2) is 10.5. The van der Waals surface area contributed by atoms with Crippen LogP contribution >= 0.6 is 0 Å². The van der Waals surface area contributed by atoms with Gasteiger partial charge in [0.2, 0.25) is 0 Å². The summed E-state index contributed by atoms with van der Waals surface area (Å²) in [5, 5.41) is 18.3. The van der Waals surface area contributed by atoms with Crippen LogP contribution in [0.25, 0.3) is 0 Å². The summed E-state index contributed by atoms with van der Waals surface area (Å²) in [6.45, 7) is 4.29. The van der Waals surface area contributed by atoms with Gasteiger partial charge in [-0.1, -0.05) is 6.07 Å². The van der Waals surface area contributed by atoms with Gasteiger partial charge < -0.3 is 20.6 Å². The molecule has 2 aliphatic heterocycles. The minimum absolute atomic E-state index is 0.124. The highest BCUT2D eigenvalue weighted by atomic mass is 19.4. The fourth-order valence-electron chi connectivity index (χ4n) is 6.26. The topological polar surface area (TPSA) is 90.4 Å². The van der Waals surface area contributed by atoms with Gasteiger partial charge in [0.05, 0.1) is 16.8 Å². The number of halogens is 3. The number of pyridine rings is 2. The molecule has 1 atom stereocenters. The fourth-order valence-corrected chi connectivity index (χ4v) is 6.26. The van der Waals surface area contributed by atoms with Crippen molar-refractivity contribution in [2.75, 3.05) is 31.1 Å². The first kappa shape index (κ1) is 27.0. The summed E-state index contributed by atoms with van der Waals surface area (Å²) in [7, 11) is 0. The molecule has 38 heavy (non-hydrogen) atoms. The molecule has 0 unspecified atom stereocenters. The van der Waals surface area contributed by atoms with Crippen molar-refractivity contribution in [2.24, 2.45) is 5.92 Å². The maximum absolute atomic E-state index is 13.9. The molecule has 0 spiro atoms. The Labute approximate surface area is 221 Å². The number of piperidine rings is 1. The van der Waals surface area contributed by atoms with Crippen molar-refractivity contribution in [1.82, 2.24) is 20.6 Å². The van der Waals surface area contributed by atoms with Gasteiger partial charge in [-0.05, 0) is 82.2 Å². The number of Topliss-reactive ketones (excluding diaryl/α,β-unsaturated/α-hetero) is 1. The van der Waals surface area contributed by atoms with Crippen molar-refractivity contribution in [3.8, 4) is 0 Å². The Kier molecular flexibility index (Phi) is 7.50. The Morgan fingerprint density at radius 1 is 1.11 bits per heavy atom. The first-order valence-electron chi connectivity index (χ1n) is 13.5. The van der Waals surface area contributed by atoms with Crippen molar-refractivity contribution in [2.45, 2.75) is 75.2 Å². The van der Waals surface area contributed by atoms with Gasteiger partial charge in [0.1, 0.15) is 11.4 Å². The van der Waals surface area contributed by atoms with E-state index in [9.17, 15) is 23.1 Å². The van der Waals surface area contributed by atoms with Crippen molar-refractivity contribution in [3.63, 3.8) is 0 Å². The standard InChI is InChI=1S/C28H36F3N5O2/c1-19-2-3-23(34-17-19)27(38)9-4-22(5-10-27)35-26(11-13-32-18-26)25(37)20-7-14-36(15-8-20)24-16-21(6-12-33-24)28(29,30)31/h2-3,6,12,16-17,20,22,32,35,38H,4-5,7-11,13-15,18H2,1H3/t22?,26-,27?/m0/s1. The lowest BCUT2D eigenvalue weighted by Crippen LogP contribution is -2.61. The summed E-state index contributed by atoms with van der Waals surface area (Å²) < 4.78 is 39.4. The van der Waals surface area contributed by atoms with E-state index in [0.717, 1.165) is 37.1 Å². The number of alkyl halides is 3. The molecule has 4 heterocycles. The van der Waals surface area contributed by atoms with Gasteiger partial charge in [-0.2, -0.15) is 13.2 Å². The van der Waals surface area contributed by atoms with Crippen LogP contribution in [0.4, 0.5) is 19.0 Å². The van der Waals surface area contributed by atoms with Crippen LogP contribution in [-0.4, -0.2) is 58.6 Å². The Bertz CT molecular complexity index is 1120. The Morgan fingerprint density at radius 3 is 2.45 bits per heavy atom. The molecule has 1 aliphatic carbocycles. The largest absolute Gasteiger partial charge is 0.416 e. The molecule has 2 saturated heterocycles. The summed E-state index contributed by atoms with van der Waals surface area (Å²) in [5.41, 5.74) is -0.542. The van der Waals surface area contributed by atoms with Crippen LogP contribution < -0.4 is 15.5 Å². The third kappa shape index (κ3) is 5.58. The molecule has 206 valence electrons. The molecule has 0 radical (unpaired) electrons. The maximum atomic E-state index is 13.9. The molecule has 0 amide bonds. The summed E-state index contributed by atoms with van der Waals surface area (Å²) in [5.74, 6) is 0.348. The molecule has 3 fully saturated rings. The van der Waals surface area contributed by atoms with Crippen molar-refractivity contribution in [1.29, 1.82) is 0 Å². The molecular weight excluding hydrogens is 495 g/mol. The lowest BCUT2D eigenvalue weighted by molar-refractivity contribution is -0.137. The van der Waals surface area contributed by atoms with Crippen molar-refractivity contribution in [3.05, 3.63) is 53.5 Å². The molecule has 0 aromatic carbocycles. The first-order chi connectivity index (χ1) is 18.1. The van der Waals surface area contributed by atoms with Gasteiger partial charge >= 0.3 is 6.18 Å². The predicted octanol–water partition coefficient (Wildman–Crippen LogP) is 3.74. The van der Waals surface area contributed by atoms with Gasteiger partial charge in [-0.25, -0.2) is 4.98 Å². The summed E-state index contributed by atoms with van der Waals surface area (Å²) >= 11 is 0.